The molecule has 78 valence electrons. The summed E-state index contributed by atoms with van der Waals surface area (Å²) in [5, 5.41) is 3.27. The van der Waals surface area contributed by atoms with Gasteiger partial charge in [0.2, 0.25) is 0 Å². The minimum absolute atomic E-state index is 0.581. The fourth-order valence-corrected chi connectivity index (χ4v) is 1.65. The van der Waals surface area contributed by atoms with Crippen molar-refractivity contribution in [3.05, 3.63) is 22.8 Å². The average molecular weight is 278 g/mol. The van der Waals surface area contributed by atoms with Gasteiger partial charge in [0, 0.05) is 23.1 Å². The average Bonchev–Trinajstić information content (AvgIpc) is 2.17. The molecule has 0 saturated carbocycles. The van der Waals surface area contributed by atoms with E-state index in [9.17, 15) is 0 Å². The standard InChI is InChI=1S/C10H14BrClN2/c1-8(4-5-12)6-13-10-3-2-9(11)7-14-10/h2-3,7-8H,4-6H2,1H3,(H,13,14). The molecule has 0 aliphatic heterocycles. The van der Waals surface area contributed by atoms with E-state index in [4.69, 9.17) is 11.6 Å². The van der Waals surface area contributed by atoms with Gasteiger partial charge in [-0.2, -0.15) is 0 Å². The van der Waals surface area contributed by atoms with Crippen LogP contribution in [0.4, 0.5) is 5.82 Å². The first-order chi connectivity index (χ1) is 6.72. The molecule has 1 heterocycles. The molecule has 0 amide bonds. The van der Waals surface area contributed by atoms with Gasteiger partial charge in [-0.1, -0.05) is 6.92 Å². The predicted octanol–water partition coefficient (Wildman–Crippen LogP) is 3.52. The van der Waals surface area contributed by atoms with Gasteiger partial charge >= 0.3 is 0 Å². The lowest BCUT2D eigenvalue weighted by Crippen LogP contribution is -2.12. The maximum Gasteiger partial charge on any atom is 0.125 e. The second kappa shape index (κ2) is 6.25. The summed E-state index contributed by atoms with van der Waals surface area (Å²) in [7, 11) is 0. The highest BCUT2D eigenvalue weighted by Gasteiger charge is 2.01. The SMILES string of the molecule is CC(CCCl)CNc1ccc(Br)cn1. The van der Waals surface area contributed by atoms with E-state index in [0.717, 1.165) is 29.1 Å². The first kappa shape index (κ1) is 11.8. The van der Waals surface area contributed by atoms with Crippen LogP contribution >= 0.6 is 27.5 Å². The van der Waals surface area contributed by atoms with E-state index in [-0.39, 0.29) is 0 Å². The summed E-state index contributed by atoms with van der Waals surface area (Å²) in [6.07, 6.45) is 2.82. The molecule has 0 spiro atoms. The van der Waals surface area contributed by atoms with Crippen molar-refractivity contribution in [1.82, 2.24) is 4.98 Å². The van der Waals surface area contributed by atoms with Crippen LogP contribution in [0.25, 0.3) is 0 Å². The number of hydrogen-bond acceptors (Lipinski definition) is 2. The van der Waals surface area contributed by atoms with Crippen molar-refractivity contribution < 1.29 is 0 Å². The molecule has 0 saturated heterocycles. The van der Waals surface area contributed by atoms with Gasteiger partial charge in [-0.3, -0.25) is 0 Å². The molecule has 4 heteroatoms. The van der Waals surface area contributed by atoms with Crippen LogP contribution in [0.15, 0.2) is 22.8 Å². The van der Waals surface area contributed by atoms with Crippen LogP contribution in [0, 0.1) is 5.92 Å². The maximum absolute atomic E-state index is 5.65. The van der Waals surface area contributed by atoms with Gasteiger partial charge in [0.15, 0.2) is 0 Å². The molecule has 1 N–H and O–H groups in total. The van der Waals surface area contributed by atoms with Crippen molar-refractivity contribution in [2.24, 2.45) is 5.92 Å². The first-order valence-electron chi connectivity index (χ1n) is 4.63. The Morgan fingerprint density at radius 3 is 2.93 bits per heavy atom. The van der Waals surface area contributed by atoms with E-state index in [2.05, 4.69) is 33.2 Å². The fraction of sp³-hybridized carbons (Fsp3) is 0.500. The first-order valence-corrected chi connectivity index (χ1v) is 5.96. The summed E-state index contributed by atoms with van der Waals surface area (Å²) in [6, 6.07) is 3.93. The Bertz CT molecular complexity index is 263. The number of aromatic nitrogens is 1. The summed E-state index contributed by atoms with van der Waals surface area (Å²) in [4.78, 5) is 4.22. The molecule has 0 bridgehead atoms. The third-order valence-corrected chi connectivity index (χ3v) is 2.65. The molecule has 1 aromatic rings. The molecule has 1 rings (SSSR count). The van der Waals surface area contributed by atoms with E-state index in [0.29, 0.717) is 5.92 Å². The van der Waals surface area contributed by atoms with Crippen LogP contribution in [0.3, 0.4) is 0 Å². The maximum atomic E-state index is 5.65. The molecule has 1 unspecified atom stereocenters. The molecule has 0 aromatic carbocycles. The van der Waals surface area contributed by atoms with Gasteiger partial charge < -0.3 is 5.32 Å². The lowest BCUT2D eigenvalue weighted by atomic mass is 10.1. The normalized spacial score (nSPS) is 12.5. The number of halogens is 2. The molecular formula is C10H14BrClN2. The molecule has 1 aromatic heterocycles. The minimum atomic E-state index is 0.581. The number of hydrogen-bond donors (Lipinski definition) is 1. The van der Waals surface area contributed by atoms with Crippen molar-refractivity contribution in [3.63, 3.8) is 0 Å². The Hall–Kier alpha value is -0.280. The highest BCUT2D eigenvalue weighted by molar-refractivity contribution is 9.10. The highest BCUT2D eigenvalue weighted by atomic mass is 79.9. The van der Waals surface area contributed by atoms with E-state index >= 15 is 0 Å². The Morgan fingerprint density at radius 1 is 1.57 bits per heavy atom. The van der Waals surface area contributed by atoms with E-state index in [1.807, 2.05) is 12.1 Å². The van der Waals surface area contributed by atoms with Crippen molar-refractivity contribution in [2.45, 2.75) is 13.3 Å². The minimum Gasteiger partial charge on any atom is -0.370 e. The Labute approximate surface area is 98.2 Å². The zero-order valence-corrected chi connectivity index (χ0v) is 10.5. The van der Waals surface area contributed by atoms with Gasteiger partial charge in [-0.15, -0.1) is 11.6 Å². The van der Waals surface area contributed by atoms with E-state index < -0.39 is 0 Å². The lowest BCUT2D eigenvalue weighted by Gasteiger charge is -2.11. The smallest absolute Gasteiger partial charge is 0.125 e. The fourth-order valence-electron chi connectivity index (χ4n) is 1.05. The molecule has 14 heavy (non-hydrogen) atoms. The quantitative estimate of drug-likeness (QED) is 0.833. The zero-order valence-electron chi connectivity index (χ0n) is 8.13. The van der Waals surface area contributed by atoms with Crippen molar-refractivity contribution in [1.29, 1.82) is 0 Å². The van der Waals surface area contributed by atoms with Gasteiger partial charge in [0.05, 0.1) is 0 Å². The summed E-state index contributed by atoms with van der Waals surface area (Å²) in [5.41, 5.74) is 0. The third-order valence-electron chi connectivity index (χ3n) is 1.96. The lowest BCUT2D eigenvalue weighted by molar-refractivity contribution is 0.596. The molecule has 0 aliphatic carbocycles. The number of nitrogens with zero attached hydrogens (tertiary/aromatic N) is 1. The molecule has 0 radical (unpaired) electrons. The topological polar surface area (TPSA) is 24.9 Å². The summed E-state index contributed by atoms with van der Waals surface area (Å²) in [5.74, 6) is 2.21. The monoisotopic (exact) mass is 276 g/mol. The molecule has 0 fully saturated rings. The largest absolute Gasteiger partial charge is 0.370 e. The third kappa shape index (κ3) is 4.29. The van der Waals surface area contributed by atoms with Crippen molar-refractivity contribution in [2.75, 3.05) is 17.7 Å². The summed E-state index contributed by atoms with van der Waals surface area (Å²) < 4.78 is 0.997. The van der Waals surface area contributed by atoms with Crippen molar-refractivity contribution in [3.8, 4) is 0 Å². The van der Waals surface area contributed by atoms with Gasteiger partial charge in [-0.05, 0) is 40.4 Å². The van der Waals surface area contributed by atoms with Gasteiger partial charge in [0.1, 0.15) is 5.82 Å². The van der Waals surface area contributed by atoms with Crippen molar-refractivity contribution >= 4 is 33.3 Å². The number of rotatable bonds is 5. The number of nitrogens with one attached hydrogen (secondary N) is 1. The molecule has 0 aliphatic rings. The van der Waals surface area contributed by atoms with Crippen LogP contribution < -0.4 is 5.32 Å². The highest BCUT2D eigenvalue weighted by Crippen LogP contribution is 2.11. The second-order valence-electron chi connectivity index (χ2n) is 3.33. The number of anilines is 1. The Kier molecular flexibility index (Phi) is 5.26. The second-order valence-corrected chi connectivity index (χ2v) is 4.62. The molecule has 1 atom stereocenters. The molecule has 2 nitrogen and oxygen atoms in total. The van der Waals surface area contributed by atoms with Crippen LogP contribution in [-0.4, -0.2) is 17.4 Å². The van der Waals surface area contributed by atoms with Crippen LogP contribution in [0.1, 0.15) is 13.3 Å². The zero-order chi connectivity index (χ0) is 10.4. The van der Waals surface area contributed by atoms with Gasteiger partial charge in [0.25, 0.3) is 0 Å². The number of alkyl halides is 1. The van der Waals surface area contributed by atoms with E-state index in [1.54, 1.807) is 6.20 Å². The van der Waals surface area contributed by atoms with Crippen LogP contribution in [0.5, 0.6) is 0 Å². The van der Waals surface area contributed by atoms with Crippen LogP contribution in [-0.2, 0) is 0 Å². The number of pyridine rings is 1. The van der Waals surface area contributed by atoms with Crippen LogP contribution in [0.2, 0.25) is 0 Å². The Balaban J connectivity index is 2.34. The van der Waals surface area contributed by atoms with Gasteiger partial charge in [-0.25, -0.2) is 4.98 Å². The predicted molar refractivity (Wildman–Crippen MR) is 64.9 cm³/mol. The molecular weight excluding hydrogens is 263 g/mol. The Morgan fingerprint density at radius 2 is 2.36 bits per heavy atom. The summed E-state index contributed by atoms with van der Waals surface area (Å²) in [6.45, 7) is 3.09. The van der Waals surface area contributed by atoms with E-state index in [1.165, 1.54) is 0 Å². The summed E-state index contributed by atoms with van der Waals surface area (Å²) >= 11 is 8.99.